The Kier molecular flexibility index (Phi) is 5.43. The molecule has 1 aromatic heterocycles. The Balaban J connectivity index is 1.98. The van der Waals surface area contributed by atoms with Crippen LogP contribution in [0, 0.1) is 11.3 Å². The van der Waals surface area contributed by atoms with Crippen molar-refractivity contribution >= 4 is 17.4 Å². The van der Waals surface area contributed by atoms with E-state index < -0.39 is 5.91 Å². The first-order valence-electron chi connectivity index (χ1n) is 8.58. The molecule has 3 aromatic rings. The molecule has 0 unspecified atom stereocenters. The van der Waals surface area contributed by atoms with Crippen molar-refractivity contribution in [1.29, 1.82) is 5.26 Å². The van der Waals surface area contributed by atoms with Gasteiger partial charge in [-0.1, -0.05) is 42.5 Å². The second kappa shape index (κ2) is 8.11. The standard InChI is InChI=1S/C21H19N5O/c1-14(2)23-19-12-18(24-20(26-19)15-8-4-3-5-9-15)21(27)25-17-11-7-6-10-16(17)13-22/h3-12,14H,1-2H3,(H,25,27)(H,23,24,26). The number of carbonyl (C=O) groups excluding carboxylic acids is 1. The fourth-order valence-corrected chi connectivity index (χ4v) is 2.53. The topological polar surface area (TPSA) is 90.7 Å². The van der Waals surface area contributed by atoms with E-state index in [1.807, 2.05) is 44.2 Å². The minimum absolute atomic E-state index is 0.152. The number of para-hydroxylation sites is 1. The summed E-state index contributed by atoms with van der Waals surface area (Å²) in [5.74, 6) is 0.627. The van der Waals surface area contributed by atoms with E-state index in [4.69, 9.17) is 0 Å². The van der Waals surface area contributed by atoms with Gasteiger partial charge < -0.3 is 10.6 Å². The van der Waals surface area contributed by atoms with E-state index in [1.165, 1.54) is 0 Å². The zero-order valence-corrected chi connectivity index (χ0v) is 15.1. The second-order valence-electron chi connectivity index (χ2n) is 6.24. The van der Waals surface area contributed by atoms with Gasteiger partial charge in [0.25, 0.3) is 5.91 Å². The van der Waals surface area contributed by atoms with Crippen LogP contribution >= 0.6 is 0 Å². The largest absolute Gasteiger partial charge is 0.368 e. The maximum atomic E-state index is 12.8. The maximum Gasteiger partial charge on any atom is 0.274 e. The third kappa shape index (κ3) is 4.47. The van der Waals surface area contributed by atoms with Crippen molar-refractivity contribution in [2.24, 2.45) is 0 Å². The van der Waals surface area contributed by atoms with Crippen LogP contribution in [-0.2, 0) is 0 Å². The molecular formula is C21H19N5O. The number of nitriles is 1. The Morgan fingerprint density at radius 1 is 1.04 bits per heavy atom. The zero-order valence-electron chi connectivity index (χ0n) is 15.1. The molecule has 6 heteroatoms. The Morgan fingerprint density at radius 3 is 2.44 bits per heavy atom. The molecule has 0 aliphatic rings. The fourth-order valence-electron chi connectivity index (χ4n) is 2.53. The molecule has 134 valence electrons. The highest BCUT2D eigenvalue weighted by Crippen LogP contribution is 2.20. The van der Waals surface area contributed by atoms with Crippen LogP contribution in [0.4, 0.5) is 11.5 Å². The predicted octanol–water partition coefficient (Wildman–Crippen LogP) is 4.09. The number of carbonyl (C=O) groups is 1. The maximum absolute atomic E-state index is 12.8. The van der Waals surface area contributed by atoms with E-state index in [9.17, 15) is 10.1 Å². The van der Waals surface area contributed by atoms with E-state index in [0.29, 0.717) is 22.9 Å². The highest BCUT2D eigenvalue weighted by molar-refractivity contribution is 6.04. The number of benzene rings is 2. The van der Waals surface area contributed by atoms with Crippen LogP contribution in [0.1, 0.15) is 29.9 Å². The van der Waals surface area contributed by atoms with Crippen LogP contribution in [0.2, 0.25) is 0 Å². The molecule has 0 fully saturated rings. The summed E-state index contributed by atoms with van der Waals surface area (Å²) in [7, 11) is 0. The highest BCUT2D eigenvalue weighted by Gasteiger charge is 2.15. The van der Waals surface area contributed by atoms with Gasteiger partial charge in [0.2, 0.25) is 0 Å². The molecule has 0 radical (unpaired) electrons. The normalized spacial score (nSPS) is 10.3. The Hall–Kier alpha value is -3.72. The van der Waals surface area contributed by atoms with Crippen LogP contribution in [0.15, 0.2) is 60.7 Å². The van der Waals surface area contributed by atoms with Crippen molar-refractivity contribution in [2.45, 2.75) is 19.9 Å². The lowest BCUT2D eigenvalue weighted by atomic mass is 10.2. The second-order valence-corrected chi connectivity index (χ2v) is 6.24. The smallest absolute Gasteiger partial charge is 0.274 e. The SMILES string of the molecule is CC(C)Nc1cc(C(=O)Nc2ccccc2C#N)nc(-c2ccccc2)n1. The van der Waals surface area contributed by atoms with Gasteiger partial charge in [-0.25, -0.2) is 9.97 Å². The molecule has 0 saturated carbocycles. The Morgan fingerprint density at radius 2 is 1.74 bits per heavy atom. The summed E-state index contributed by atoms with van der Waals surface area (Å²) < 4.78 is 0. The van der Waals surface area contributed by atoms with Crippen molar-refractivity contribution in [1.82, 2.24) is 9.97 Å². The van der Waals surface area contributed by atoms with Gasteiger partial charge in [-0.3, -0.25) is 4.79 Å². The molecule has 3 rings (SSSR count). The highest BCUT2D eigenvalue weighted by atomic mass is 16.1. The molecule has 0 aliphatic heterocycles. The molecule has 0 atom stereocenters. The van der Waals surface area contributed by atoms with Gasteiger partial charge in [-0.2, -0.15) is 5.26 Å². The van der Waals surface area contributed by atoms with Gasteiger partial charge in [0.05, 0.1) is 11.3 Å². The molecule has 1 heterocycles. The van der Waals surface area contributed by atoms with Gasteiger partial charge in [-0.05, 0) is 26.0 Å². The van der Waals surface area contributed by atoms with Crippen LogP contribution in [0.5, 0.6) is 0 Å². The van der Waals surface area contributed by atoms with E-state index in [0.717, 1.165) is 5.56 Å². The molecule has 0 spiro atoms. The van der Waals surface area contributed by atoms with Crippen molar-refractivity contribution in [2.75, 3.05) is 10.6 Å². The minimum Gasteiger partial charge on any atom is -0.368 e. The number of aromatic nitrogens is 2. The third-order valence-electron chi connectivity index (χ3n) is 3.72. The lowest BCUT2D eigenvalue weighted by molar-refractivity contribution is 0.102. The van der Waals surface area contributed by atoms with Gasteiger partial charge in [0.15, 0.2) is 5.82 Å². The Labute approximate surface area is 157 Å². The molecule has 0 bridgehead atoms. The number of anilines is 2. The van der Waals surface area contributed by atoms with Gasteiger partial charge in [-0.15, -0.1) is 0 Å². The van der Waals surface area contributed by atoms with Crippen molar-refractivity contribution in [3.8, 4) is 17.5 Å². The summed E-state index contributed by atoms with van der Waals surface area (Å²) in [6.07, 6.45) is 0. The number of nitrogens with zero attached hydrogens (tertiary/aromatic N) is 3. The van der Waals surface area contributed by atoms with Crippen LogP contribution < -0.4 is 10.6 Å². The van der Waals surface area contributed by atoms with Gasteiger partial charge >= 0.3 is 0 Å². The number of hydrogen-bond donors (Lipinski definition) is 2. The number of hydrogen-bond acceptors (Lipinski definition) is 5. The summed E-state index contributed by atoms with van der Waals surface area (Å²) in [5.41, 5.74) is 1.88. The third-order valence-corrected chi connectivity index (χ3v) is 3.72. The zero-order chi connectivity index (χ0) is 19.2. The van der Waals surface area contributed by atoms with Crippen LogP contribution in [-0.4, -0.2) is 21.9 Å². The van der Waals surface area contributed by atoms with E-state index in [1.54, 1.807) is 30.3 Å². The predicted molar refractivity (Wildman–Crippen MR) is 105 cm³/mol. The van der Waals surface area contributed by atoms with E-state index in [2.05, 4.69) is 26.7 Å². The van der Waals surface area contributed by atoms with E-state index >= 15 is 0 Å². The Bertz CT molecular complexity index is 993. The molecule has 2 aromatic carbocycles. The molecule has 1 amide bonds. The molecule has 0 saturated heterocycles. The van der Waals surface area contributed by atoms with Gasteiger partial charge in [0, 0.05) is 17.7 Å². The quantitative estimate of drug-likeness (QED) is 0.718. The first kappa shape index (κ1) is 18.1. The summed E-state index contributed by atoms with van der Waals surface area (Å²) in [6, 6.07) is 20.1. The monoisotopic (exact) mass is 357 g/mol. The lowest BCUT2D eigenvalue weighted by Gasteiger charge is -2.13. The summed E-state index contributed by atoms with van der Waals surface area (Å²) in [5, 5.41) is 15.2. The molecule has 2 N–H and O–H groups in total. The number of amides is 1. The number of nitrogens with one attached hydrogen (secondary N) is 2. The van der Waals surface area contributed by atoms with Crippen LogP contribution in [0.25, 0.3) is 11.4 Å². The van der Waals surface area contributed by atoms with Gasteiger partial charge in [0.1, 0.15) is 17.6 Å². The summed E-state index contributed by atoms with van der Waals surface area (Å²) in [6.45, 7) is 3.99. The first-order valence-corrected chi connectivity index (χ1v) is 8.58. The average molecular weight is 357 g/mol. The summed E-state index contributed by atoms with van der Waals surface area (Å²) in [4.78, 5) is 21.7. The van der Waals surface area contributed by atoms with E-state index in [-0.39, 0.29) is 11.7 Å². The van der Waals surface area contributed by atoms with Crippen molar-refractivity contribution in [3.05, 3.63) is 71.9 Å². The molecule has 0 aliphatic carbocycles. The summed E-state index contributed by atoms with van der Waals surface area (Å²) >= 11 is 0. The van der Waals surface area contributed by atoms with Crippen molar-refractivity contribution < 1.29 is 4.79 Å². The average Bonchev–Trinajstić information content (AvgIpc) is 2.68. The van der Waals surface area contributed by atoms with Crippen LogP contribution in [0.3, 0.4) is 0 Å². The molecular weight excluding hydrogens is 338 g/mol. The molecule has 27 heavy (non-hydrogen) atoms. The minimum atomic E-state index is -0.399. The fraction of sp³-hybridized carbons (Fsp3) is 0.143. The number of rotatable bonds is 5. The lowest BCUT2D eigenvalue weighted by Crippen LogP contribution is -2.18. The first-order chi connectivity index (χ1) is 13.1. The molecule has 6 nitrogen and oxygen atoms in total. The van der Waals surface area contributed by atoms with Crippen molar-refractivity contribution in [3.63, 3.8) is 0 Å².